The molecule has 3 aromatic rings. The second-order valence-corrected chi connectivity index (χ2v) is 3.42. The number of hydrogen-bond acceptors (Lipinski definition) is 3. The van der Waals surface area contributed by atoms with E-state index in [0.717, 1.165) is 11.0 Å². The number of nitrogens with zero attached hydrogens (tertiary/aromatic N) is 2. The van der Waals surface area contributed by atoms with Gasteiger partial charge in [-0.1, -0.05) is 24.3 Å². The van der Waals surface area contributed by atoms with E-state index < -0.39 is 0 Å². The van der Waals surface area contributed by atoms with E-state index >= 15 is 0 Å². The molecule has 0 aliphatic rings. The second kappa shape index (κ2) is 6.43. The Hall–Kier alpha value is -1.06. The van der Waals surface area contributed by atoms with E-state index in [-0.39, 0.29) is 19.5 Å². The van der Waals surface area contributed by atoms with Crippen LogP contribution in [0, 0.1) is 0 Å². The average Bonchev–Trinajstić information content (AvgIpc) is 2.92. The van der Waals surface area contributed by atoms with Crippen molar-refractivity contribution in [3.05, 3.63) is 47.2 Å². The topological polar surface area (TPSA) is 41.6 Å². The number of aromatic nitrogens is 3. The zero-order chi connectivity index (χ0) is 9.64. The SMILES string of the molecule is [Ru].c1ccc2n[nH]nc2c1.c1ccsc1. The molecule has 0 unspecified atom stereocenters. The van der Waals surface area contributed by atoms with Gasteiger partial charge in [0.15, 0.2) is 0 Å². The third-order valence-corrected chi connectivity index (χ3v) is 2.28. The van der Waals surface area contributed by atoms with E-state index in [4.69, 9.17) is 0 Å². The second-order valence-electron chi connectivity index (χ2n) is 2.61. The molecule has 0 aliphatic carbocycles. The van der Waals surface area contributed by atoms with Gasteiger partial charge < -0.3 is 0 Å². The molecule has 0 amide bonds. The number of hydrogen-bond donors (Lipinski definition) is 1. The van der Waals surface area contributed by atoms with Crippen LogP contribution in [-0.2, 0) is 19.5 Å². The van der Waals surface area contributed by atoms with Crippen LogP contribution in [0.1, 0.15) is 0 Å². The van der Waals surface area contributed by atoms with Gasteiger partial charge in [-0.25, -0.2) is 0 Å². The quantitative estimate of drug-likeness (QED) is 0.649. The number of aromatic amines is 1. The molecule has 1 aromatic carbocycles. The third-order valence-electron chi connectivity index (χ3n) is 1.65. The molecule has 0 saturated carbocycles. The molecule has 78 valence electrons. The molecular weight excluding hydrogens is 295 g/mol. The van der Waals surface area contributed by atoms with E-state index in [2.05, 4.69) is 15.4 Å². The Morgan fingerprint density at radius 2 is 1.40 bits per heavy atom. The van der Waals surface area contributed by atoms with Gasteiger partial charge in [0, 0.05) is 19.5 Å². The van der Waals surface area contributed by atoms with Gasteiger partial charge in [0.1, 0.15) is 11.0 Å². The summed E-state index contributed by atoms with van der Waals surface area (Å²) in [5, 5.41) is 14.4. The van der Waals surface area contributed by atoms with Crippen LogP contribution < -0.4 is 0 Å². The Balaban J connectivity index is 0.000000162. The zero-order valence-corrected chi connectivity index (χ0v) is 10.3. The number of benzene rings is 1. The molecule has 1 N–H and O–H groups in total. The molecule has 3 nitrogen and oxygen atoms in total. The number of thiophene rings is 1. The van der Waals surface area contributed by atoms with Gasteiger partial charge in [-0.2, -0.15) is 26.7 Å². The van der Waals surface area contributed by atoms with Crippen LogP contribution in [-0.4, -0.2) is 15.4 Å². The van der Waals surface area contributed by atoms with Gasteiger partial charge in [-0.05, 0) is 22.9 Å². The molecule has 2 heterocycles. The minimum Gasteiger partial charge on any atom is -0.197 e. The number of rotatable bonds is 0. The first-order valence-electron chi connectivity index (χ1n) is 4.19. The molecule has 0 spiro atoms. The van der Waals surface area contributed by atoms with Crippen LogP contribution >= 0.6 is 11.3 Å². The number of H-pyrrole nitrogens is 1. The summed E-state index contributed by atoms with van der Waals surface area (Å²) in [6, 6.07) is 11.7. The first-order valence-corrected chi connectivity index (χ1v) is 5.14. The molecule has 0 saturated heterocycles. The van der Waals surface area contributed by atoms with E-state index in [1.807, 2.05) is 47.2 Å². The fourth-order valence-electron chi connectivity index (χ4n) is 1.01. The largest absolute Gasteiger partial charge is 0.197 e. The molecule has 0 bridgehead atoms. The number of fused-ring (bicyclic) bond motifs is 1. The van der Waals surface area contributed by atoms with E-state index in [1.54, 1.807) is 11.3 Å². The van der Waals surface area contributed by atoms with Crippen molar-refractivity contribution in [2.24, 2.45) is 0 Å². The van der Waals surface area contributed by atoms with Crippen molar-refractivity contribution < 1.29 is 19.5 Å². The Labute approximate surface area is 104 Å². The van der Waals surface area contributed by atoms with Gasteiger partial charge in [0.25, 0.3) is 0 Å². The Morgan fingerprint density at radius 3 is 1.80 bits per heavy atom. The summed E-state index contributed by atoms with van der Waals surface area (Å²) in [5.74, 6) is 0. The molecule has 2 aromatic heterocycles. The Kier molecular flexibility index (Phi) is 5.15. The summed E-state index contributed by atoms with van der Waals surface area (Å²) in [7, 11) is 0. The van der Waals surface area contributed by atoms with Crippen molar-refractivity contribution in [1.82, 2.24) is 15.4 Å². The standard InChI is InChI=1S/C6H5N3.C4H4S.Ru/c1-2-4-6-5(3-1)7-9-8-6;1-2-4-5-3-1;/h1-4H,(H,7,8,9);1-4H;. The predicted molar refractivity (Wildman–Crippen MR) is 58.2 cm³/mol. The van der Waals surface area contributed by atoms with Crippen LogP contribution in [0.15, 0.2) is 47.2 Å². The van der Waals surface area contributed by atoms with Gasteiger partial charge >= 0.3 is 0 Å². The summed E-state index contributed by atoms with van der Waals surface area (Å²) in [5.41, 5.74) is 1.83. The Bertz CT molecular complexity index is 431. The molecule has 3 rings (SSSR count). The normalized spacial score (nSPS) is 8.80. The van der Waals surface area contributed by atoms with E-state index in [1.165, 1.54) is 0 Å². The molecule has 0 aliphatic heterocycles. The van der Waals surface area contributed by atoms with E-state index in [0.29, 0.717) is 0 Å². The third kappa shape index (κ3) is 3.53. The average molecular weight is 304 g/mol. The maximum Gasteiger partial charge on any atom is 0.112 e. The number of para-hydroxylation sites is 2. The van der Waals surface area contributed by atoms with Gasteiger partial charge in [-0.15, -0.1) is 0 Å². The van der Waals surface area contributed by atoms with Gasteiger partial charge in [-0.3, -0.25) is 0 Å². The first kappa shape index (κ1) is 12.0. The summed E-state index contributed by atoms with van der Waals surface area (Å²) >= 11 is 1.71. The van der Waals surface area contributed by atoms with Crippen LogP contribution in [0.25, 0.3) is 11.0 Å². The first-order chi connectivity index (χ1) is 6.97. The van der Waals surface area contributed by atoms with Gasteiger partial charge in [0.05, 0.1) is 0 Å². The fraction of sp³-hybridized carbons (Fsp3) is 0. The summed E-state index contributed by atoms with van der Waals surface area (Å²) in [6.45, 7) is 0. The molecule has 0 radical (unpaired) electrons. The van der Waals surface area contributed by atoms with Crippen LogP contribution in [0.4, 0.5) is 0 Å². The van der Waals surface area contributed by atoms with Crippen LogP contribution in [0.5, 0.6) is 0 Å². The molecule has 5 heteroatoms. The zero-order valence-electron chi connectivity index (χ0n) is 7.78. The van der Waals surface area contributed by atoms with Crippen molar-refractivity contribution in [3.8, 4) is 0 Å². The minimum absolute atomic E-state index is 0. The maximum absolute atomic E-state index is 3.88. The minimum atomic E-state index is 0. The van der Waals surface area contributed by atoms with Crippen molar-refractivity contribution >= 4 is 22.4 Å². The summed E-state index contributed by atoms with van der Waals surface area (Å²) < 4.78 is 0. The Morgan fingerprint density at radius 1 is 0.867 bits per heavy atom. The predicted octanol–water partition coefficient (Wildman–Crippen LogP) is 2.70. The maximum atomic E-state index is 3.88. The number of nitrogens with one attached hydrogen (secondary N) is 1. The van der Waals surface area contributed by atoms with Gasteiger partial charge in [0.2, 0.25) is 0 Å². The van der Waals surface area contributed by atoms with Crippen LogP contribution in [0.3, 0.4) is 0 Å². The molecule has 15 heavy (non-hydrogen) atoms. The van der Waals surface area contributed by atoms with Crippen molar-refractivity contribution in [2.45, 2.75) is 0 Å². The summed E-state index contributed by atoms with van der Waals surface area (Å²) in [6.07, 6.45) is 0. The van der Waals surface area contributed by atoms with Crippen molar-refractivity contribution in [3.63, 3.8) is 0 Å². The van der Waals surface area contributed by atoms with E-state index in [9.17, 15) is 0 Å². The van der Waals surface area contributed by atoms with Crippen LogP contribution in [0.2, 0.25) is 0 Å². The monoisotopic (exact) mass is 305 g/mol. The fourth-order valence-corrected chi connectivity index (χ4v) is 1.47. The molecule has 0 atom stereocenters. The smallest absolute Gasteiger partial charge is 0.112 e. The molecular formula is C10H9N3RuS. The molecule has 0 fully saturated rings. The van der Waals surface area contributed by atoms with Crippen molar-refractivity contribution in [2.75, 3.05) is 0 Å². The summed E-state index contributed by atoms with van der Waals surface area (Å²) in [4.78, 5) is 0. The van der Waals surface area contributed by atoms with Crippen molar-refractivity contribution in [1.29, 1.82) is 0 Å².